The first kappa shape index (κ1) is 27.7. The van der Waals surface area contributed by atoms with Crippen LogP contribution in [0.4, 0.5) is 0 Å². The lowest BCUT2D eigenvalue weighted by molar-refractivity contribution is 0.157. The first-order chi connectivity index (χ1) is 22.7. The molecule has 2 aromatic heterocycles. The lowest BCUT2D eigenvalue weighted by atomic mass is 9.83. The maximum absolute atomic E-state index is 6.48. The number of fused-ring (bicyclic) bond motifs is 4. The second-order valence-corrected chi connectivity index (χ2v) is 11.0. The van der Waals surface area contributed by atoms with Gasteiger partial charge in [-0.2, -0.15) is 9.36 Å². The second kappa shape index (κ2) is 11.6. The van der Waals surface area contributed by atoms with Crippen molar-refractivity contribution in [2.24, 2.45) is 0 Å². The minimum atomic E-state index is 0.116. The summed E-state index contributed by atoms with van der Waals surface area (Å²) in [6.07, 6.45) is 1.62. The Kier molecular flexibility index (Phi) is 6.99. The molecule has 6 aromatic rings. The number of nitrogens with zero attached hydrogens (tertiary/aromatic N) is 9. The van der Waals surface area contributed by atoms with Gasteiger partial charge in [0, 0.05) is 24.7 Å². The highest BCUT2D eigenvalue weighted by atomic mass is 16.5. The number of ether oxygens (including phenoxy) is 4. The monoisotopic (exact) mass is 615 g/mol. The molecule has 4 heterocycles. The van der Waals surface area contributed by atoms with E-state index in [4.69, 9.17) is 18.9 Å². The topological polar surface area (TPSA) is 127 Å². The fourth-order valence-corrected chi connectivity index (χ4v) is 6.30. The molecular weight excluding hydrogens is 586 g/mol. The SMILES string of the molecule is COc1ccc2c(c1OC)CN1CCc3cc(Oc4nnnn4-c4ccccc4)c(Oc4nnnn4-c4ccccc4)cc3C1C2. The summed E-state index contributed by atoms with van der Waals surface area (Å²) in [5.74, 6) is 2.42. The van der Waals surface area contributed by atoms with E-state index in [2.05, 4.69) is 42.0 Å². The van der Waals surface area contributed by atoms with Crippen LogP contribution in [0.1, 0.15) is 28.3 Å². The van der Waals surface area contributed by atoms with Gasteiger partial charge in [-0.25, -0.2) is 0 Å². The predicted molar refractivity (Wildman–Crippen MR) is 165 cm³/mol. The molecule has 13 heteroatoms. The van der Waals surface area contributed by atoms with Crippen LogP contribution in [0.25, 0.3) is 11.4 Å². The lowest BCUT2D eigenvalue weighted by Crippen LogP contribution is -2.39. The summed E-state index contributed by atoms with van der Waals surface area (Å²) in [5.41, 5.74) is 6.22. The zero-order valence-corrected chi connectivity index (χ0v) is 25.1. The number of hydrogen-bond acceptors (Lipinski definition) is 11. The number of para-hydroxylation sites is 2. The maximum atomic E-state index is 6.48. The van der Waals surface area contributed by atoms with Gasteiger partial charge in [0.25, 0.3) is 0 Å². The van der Waals surface area contributed by atoms with Gasteiger partial charge >= 0.3 is 12.0 Å². The fourth-order valence-electron chi connectivity index (χ4n) is 6.30. The zero-order chi connectivity index (χ0) is 31.0. The second-order valence-electron chi connectivity index (χ2n) is 11.0. The van der Waals surface area contributed by atoms with E-state index >= 15 is 0 Å². The molecule has 230 valence electrons. The average Bonchev–Trinajstić information content (AvgIpc) is 3.77. The van der Waals surface area contributed by atoms with Crippen molar-refractivity contribution < 1.29 is 18.9 Å². The molecule has 46 heavy (non-hydrogen) atoms. The number of aromatic nitrogens is 8. The summed E-state index contributed by atoms with van der Waals surface area (Å²) in [4.78, 5) is 2.47. The molecule has 0 aliphatic carbocycles. The number of hydrogen-bond donors (Lipinski definition) is 0. The van der Waals surface area contributed by atoms with Crippen molar-refractivity contribution in [3.8, 4) is 46.4 Å². The Bertz CT molecular complexity index is 2010. The molecule has 0 spiro atoms. The van der Waals surface area contributed by atoms with E-state index in [1.54, 1.807) is 23.6 Å². The Morgan fingerprint density at radius 3 is 1.91 bits per heavy atom. The van der Waals surface area contributed by atoms with Crippen LogP contribution in [-0.4, -0.2) is 66.1 Å². The van der Waals surface area contributed by atoms with Crippen LogP contribution in [0.2, 0.25) is 0 Å². The molecule has 0 fully saturated rings. The van der Waals surface area contributed by atoms with Crippen molar-refractivity contribution in [2.45, 2.75) is 25.4 Å². The number of tetrazole rings is 2. The van der Waals surface area contributed by atoms with Gasteiger partial charge in [-0.3, -0.25) is 4.90 Å². The maximum Gasteiger partial charge on any atom is 0.346 e. The van der Waals surface area contributed by atoms with Crippen molar-refractivity contribution in [3.63, 3.8) is 0 Å². The molecule has 0 radical (unpaired) electrons. The first-order valence-corrected chi connectivity index (χ1v) is 14.9. The Morgan fingerprint density at radius 2 is 1.30 bits per heavy atom. The molecule has 13 nitrogen and oxygen atoms in total. The van der Waals surface area contributed by atoms with Crippen molar-refractivity contribution in [1.82, 2.24) is 45.3 Å². The van der Waals surface area contributed by atoms with E-state index in [9.17, 15) is 0 Å². The number of benzene rings is 4. The standard InChI is InChI=1S/C33H29N9O4/c1-43-28-14-13-21-17-27-25-19-30(46-33-35-37-39-42(33)24-11-7-4-8-12-24)29(18-22(25)15-16-40(27)20-26(21)31(28)44-2)45-32-34-36-38-41(32)23-9-5-3-6-10-23/h3-14,18-19,27H,15-17,20H2,1-2H3. The third-order valence-electron chi connectivity index (χ3n) is 8.48. The normalized spacial score (nSPS) is 15.4. The summed E-state index contributed by atoms with van der Waals surface area (Å²) in [5, 5.41) is 24.5. The Morgan fingerprint density at radius 1 is 0.674 bits per heavy atom. The first-order valence-electron chi connectivity index (χ1n) is 14.9. The van der Waals surface area contributed by atoms with Crippen molar-refractivity contribution in [3.05, 3.63) is 107 Å². The van der Waals surface area contributed by atoms with Crippen molar-refractivity contribution in [1.29, 1.82) is 0 Å². The van der Waals surface area contributed by atoms with Gasteiger partial charge in [0.05, 0.1) is 25.6 Å². The predicted octanol–water partition coefficient (Wildman–Crippen LogP) is 4.90. The summed E-state index contributed by atoms with van der Waals surface area (Å²) >= 11 is 0. The van der Waals surface area contributed by atoms with E-state index in [1.165, 1.54) is 5.56 Å². The van der Waals surface area contributed by atoms with E-state index in [-0.39, 0.29) is 18.1 Å². The summed E-state index contributed by atoms with van der Waals surface area (Å²) in [7, 11) is 3.36. The molecule has 0 amide bonds. The Labute approximate surface area is 263 Å². The van der Waals surface area contributed by atoms with Crippen LogP contribution in [0.3, 0.4) is 0 Å². The zero-order valence-electron chi connectivity index (χ0n) is 25.1. The average molecular weight is 616 g/mol. The van der Waals surface area contributed by atoms with Crippen molar-refractivity contribution in [2.75, 3.05) is 20.8 Å². The molecule has 0 saturated heterocycles. The highest BCUT2D eigenvalue weighted by Crippen LogP contribution is 2.47. The van der Waals surface area contributed by atoms with Crippen molar-refractivity contribution >= 4 is 0 Å². The van der Waals surface area contributed by atoms with E-state index in [0.29, 0.717) is 11.5 Å². The third-order valence-corrected chi connectivity index (χ3v) is 8.48. The summed E-state index contributed by atoms with van der Waals surface area (Å²) in [6.45, 7) is 1.61. The van der Waals surface area contributed by atoms with Gasteiger partial charge in [0.15, 0.2) is 23.0 Å². The van der Waals surface area contributed by atoms with Gasteiger partial charge in [-0.15, -0.1) is 0 Å². The van der Waals surface area contributed by atoms with Crippen LogP contribution < -0.4 is 18.9 Å². The highest BCUT2D eigenvalue weighted by Gasteiger charge is 2.35. The molecular formula is C33H29N9O4. The Hall–Kier alpha value is -5.82. The van der Waals surface area contributed by atoms with Gasteiger partial charge in [0.1, 0.15) is 0 Å². The van der Waals surface area contributed by atoms with Gasteiger partial charge in [0.2, 0.25) is 0 Å². The molecule has 8 rings (SSSR count). The van der Waals surface area contributed by atoms with E-state index < -0.39 is 0 Å². The van der Waals surface area contributed by atoms with Crippen LogP contribution >= 0.6 is 0 Å². The van der Waals surface area contributed by atoms with E-state index in [1.807, 2.05) is 78.9 Å². The number of methoxy groups -OCH3 is 2. The van der Waals surface area contributed by atoms with Gasteiger partial charge in [-0.05, 0) is 92.9 Å². The molecule has 2 aliphatic heterocycles. The molecule has 0 bridgehead atoms. The lowest BCUT2D eigenvalue weighted by Gasteiger charge is -2.42. The van der Waals surface area contributed by atoms with Gasteiger partial charge in [-0.1, -0.05) is 52.7 Å². The molecule has 0 saturated carbocycles. The molecule has 2 aliphatic rings. The van der Waals surface area contributed by atoms with Crippen LogP contribution in [0, 0.1) is 0 Å². The molecule has 0 N–H and O–H groups in total. The summed E-state index contributed by atoms with van der Waals surface area (Å²) < 4.78 is 27.4. The van der Waals surface area contributed by atoms with Crippen LogP contribution in [0.5, 0.6) is 35.0 Å². The van der Waals surface area contributed by atoms with Gasteiger partial charge < -0.3 is 18.9 Å². The van der Waals surface area contributed by atoms with Crippen LogP contribution in [-0.2, 0) is 19.4 Å². The van der Waals surface area contributed by atoms with E-state index in [0.717, 1.165) is 65.5 Å². The smallest absolute Gasteiger partial charge is 0.346 e. The fraction of sp³-hybridized carbons (Fsp3) is 0.212. The summed E-state index contributed by atoms with van der Waals surface area (Å²) in [6, 6.07) is 27.8. The molecule has 4 aromatic carbocycles. The highest BCUT2D eigenvalue weighted by molar-refractivity contribution is 5.55. The molecule has 1 unspecified atom stereocenters. The largest absolute Gasteiger partial charge is 0.493 e. The quantitative estimate of drug-likeness (QED) is 0.232. The minimum Gasteiger partial charge on any atom is -0.493 e. The number of rotatable bonds is 8. The molecule has 1 atom stereocenters. The Balaban J connectivity index is 1.21. The minimum absolute atomic E-state index is 0.116. The van der Waals surface area contributed by atoms with Crippen LogP contribution in [0.15, 0.2) is 84.9 Å². The third kappa shape index (κ3) is 4.86.